The van der Waals surface area contributed by atoms with Gasteiger partial charge in [0.2, 0.25) is 0 Å². The Morgan fingerprint density at radius 1 is 1.50 bits per heavy atom. The van der Waals surface area contributed by atoms with Crippen molar-refractivity contribution in [1.29, 1.82) is 0 Å². The van der Waals surface area contributed by atoms with Crippen molar-refractivity contribution in [3.8, 4) is 0 Å². The second kappa shape index (κ2) is 5.22. The first kappa shape index (κ1) is 15.1. The van der Waals surface area contributed by atoms with Crippen molar-refractivity contribution in [2.24, 2.45) is 0 Å². The molecular formula is C8H11N3O8P-. The molecule has 20 heavy (non-hydrogen) atoms. The molecule has 1 aliphatic heterocycles. The Kier molecular flexibility index (Phi) is 3.93. The maximum absolute atomic E-state index is 11.6. The summed E-state index contributed by atoms with van der Waals surface area (Å²) in [6.45, 7) is 0. The molecule has 0 amide bonds. The van der Waals surface area contributed by atoms with Crippen LogP contribution in [0.3, 0.4) is 0 Å². The van der Waals surface area contributed by atoms with E-state index in [1.165, 1.54) is 6.07 Å². The molecule has 5 unspecified atom stereocenters. The second-order valence-corrected chi connectivity index (χ2v) is 5.14. The normalized spacial score (nSPS) is 33.0. The van der Waals surface area contributed by atoms with Crippen LogP contribution in [-0.4, -0.2) is 43.2 Å². The van der Waals surface area contributed by atoms with Crippen LogP contribution in [0, 0.1) is 0 Å². The lowest BCUT2D eigenvalue weighted by atomic mass is 10.2. The molecule has 5 N–H and O–H groups in total. The number of phosphoric acid groups is 1. The molecular weight excluding hydrogens is 297 g/mol. The number of ether oxygens (including phenoxy) is 1. The highest BCUT2D eigenvalue weighted by Gasteiger charge is 2.46. The molecule has 11 nitrogen and oxygen atoms in total. The molecule has 5 atom stereocenters. The summed E-state index contributed by atoms with van der Waals surface area (Å²) in [6.07, 6.45) is -5.62. The molecule has 112 valence electrons. The zero-order valence-corrected chi connectivity index (χ0v) is 10.7. The monoisotopic (exact) mass is 308 g/mol. The van der Waals surface area contributed by atoms with E-state index in [4.69, 9.17) is 15.4 Å². The van der Waals surface area contributed by atoms with Crippen molar-refractivity contribution >= 4 is 13.6 Å². The Balaban J connectivity index is 2.26. The van der Waals surface area contributed by atoms with Gasteiger partial charge in [-0.2, -0.15) is 4.98 Å². The Morgan fingerprint density at radius 2 is 2.15 bits per heavy atom. The molecule has 0 aliphatic carbocycles. The molecule has 0 radical (unpaired) electrons. The second-order valence-electron chi connectivity index (χ2n) is 3.99. The molecule has 0 bridgehead atoms. The van der Waals surface area contributed by atoms with Gasteiger partial charge in [-0.1, -0.05) is 0 Å². The zero-order valence-electron chi connectivity index (χ0n) is 9.77. The molecule has 0 spiro atoms. The first-order valence-corrected chi connectivity index (χ1v) is 6.77. The first-order valence-electron chi connectivity index (χ1n) is 5.27. The predicted octanol–water partition coefficient (Wildman–Crippen LogP) is -3.12. The number of nitrogens with two attached hydrogens (primary N) is 1. The van der Waals surface area contributed by atoms with E-state index in [1.54, 1.807) is 0 Å². The molecule has 1 fully saturated rings. The van der Waals surface area contributed by atoms with Gasteiger partial charge in [-0.25, -0.2) is 4.79 Å². The molecule has 2 rings (SSSR count). The summed E-state index contributed by atoms with van der Waals surface area (Å²) >= 11 is 0. The average molecular weight is 308 g/mol. The van der Waals surface area contributed by atoms with Crippen molar-refractivity contribution in [3.63, 3.8) is 0 Å². The van der Waals surface area contributed by atoms with Gasteiger partial charge in [-0.3, -0.25) is 13.7 Å². The third-order valence-electron chi connectivity index (χ3n) is 2.56. The third kappa shape index (κ3) is 3.04. The molecule has 1 aromatic heterocycles. The number of hydrogen-bond donors (Lipinski definition) is 4. The quantitative estimate of drug-likeness (QED) is 0.417. The minimum atomic E-state index is -5.19. The summed E-state index contributed by atoms with van der Waals surface area (Å²) in [5, 5.41) is 19.3. The van der Waals surface area contributed by atoms with Crippen LogP contribution in [0.5, 0.6) is 0 Å². The van der Waals surface area contributed by atoms with Crippen LogP contribution in [-0.2, 0) is 13.8 Å². The van der Waals surface area contributed by atoms with Gasteiger partial charge in [0.05, 0.1) is 0 Å². The number of aliphatic hydroxyl groups excluding tert-OH is 2. The fourth-order valence-electron chi connectivity index (χ4n) is 1.70. The lowest BCUT2D eigenvalue weighted by Gasteiger charge is -2.22. The fourth-order valence-corrected chi connectivity index (χ4v) is 2.13. The van der Waals surface area contributed by atoms with Crippen LogP contribution in [0.15, 0.2) is 17.1 Å². The van der Waals surface area contributed by atoms with Crippen molar-refractivity contribution in [2.45, 2.75) is 24.7 Å². The highest BCUT2D eigenvalue weighted by atomic mass is 31.2. The van der Waals surface area contributed by atoms with Crippen LogP contribution < -0.4 is 16.3 Å². The maximum Gasteiger partial charge on any atom is 0.351 e. The van der Waals surface area contributed by atoms with Crippen LogP contribution >= 0.6 is 7.82 Å². The van der Waals surface area contributed by atoms with E-state index in [0.29, 0.717) is 0 Å². The third-order valence-corrected chi connectivity index (χ3v) is 3.03. The number of aliphatic hydroxyl groups is 2. The van der Waals surface area contributed by atoms with E-state index in [9.17, 15) is 24.5 Å². The highest BCUT2D eigenvalue weighted by molar-refractivity contribution is 7.44. The molecule has 0 saturated carbocycles. The summed E-state index contributed by atoms with van der Waals surface area (Å²) < 4.78 is 20.3. The zero-order chi connectivity index (χ0) is 15.1. The Hall–Kier alpha value is -1.33. The van der Waals surface area contributed by atoms with E-state index < -0.39 is 38.2 Å². The summed E-state index contributed by atoms with van der Waals surface area (Å²) in [5.41, 5.74) is 4.41. The van der Waals surface area contributed by atoms with E-state index >= 15 is 0 Å². The number of hydrogen-bond acceptors (Lipinski definition) is 9. The minimum absolute atomic E-state index is 0.0634. The number of nitrogens with zero attached hydrogens (tertiary/aromatic N) is 2. The van der Waals surface area contributed by atoms with E-state index in [1.807, 2.05) is 0 Å². The van der Waals surface area contributed by atoms with Gasteiger partial charge in [-0.15, -0.1) is 0 Å². The Morgan fingerprint density at radius 3 is 2.70 bits per heavy atom. The largest absolute Gasteiger partial charge is 0.756 e. The molecule has 12 heteroatoms. The number of rotatable bonds is 3. The van der Waals surface area contributed by atoms with Gasteiger partial charge in [0.1, 0.15) is 18.0 Å². The van der Waals surface area contributed by atoms with Crippen molar-refractivity contribution in [2.75, 3.05) is 5.73 Å². The standard InChI is InChI=1S/C8H12N3O8P/c9-3-1-2-11(8(14)10-3)6-4(12)5(13)7(18-6)19-20(15,16)17/h1-2,4-7,12-13H,(H2,9,10,14)(H2,15,16,17)/p-1. The number of nitrogen functional groups attached to an aromatic ring is 1. The summed E-state index contributed by atoms with van der Waals surface area (Å²) in [4.78, 5) is 34.1. The molecule has 1 aliphatic rings. The van der Waals surface area contributed by atoms with Gasteiger partial charge < -0.3 is 30.5 Å². The van der Waals surface area contributed by atoms with Gasteiger partial charge in [0, 0.05) is 6.20 Å². The Labute approximate surface area is 111 Å². The smallest absolute Gasteiger partial charge is 0.351 e. The lowest BCUT2D eigenvalue weighted by Crippen LogP contribution is -2.36. The average Bonchev–Trinajstić information content (AvgIpc) is 2.56. The topological polar surface area (TPSA) is 180 Å². The Bertz CT molecular complexity index is 600. The van der Waals surface area contributed by atoms with Gasteiger partial charge in [0.15, 0.2) is 12.5 Å². The van der Waals surface area contributed by atoms with Crippen molar-refractivity contribution in [3.05, 3.63) is 22.7 Å². The molecule has 0 aromatic carbocycles. The van der Waals surface area contributed by atoms with Crippen LogP contribution in [0.2, 0.25) is 0 Å². The van der Waals surface area contributed by atoms with Crippen LogP contribution in [0.25, 0.3) is 0 Å². The molecule has 1 saturated heterocycles. The number of anilines is 1. The number of phosphoric ester groups is 1. The van der Waals surface area contributed by atoms with Crippen LogP contribution in [0.1, 0.15) is 6.23 Å². The lowest BCUT2D eigenvalue weighted by molar-refractivity contribution is -0.245. The predicted molar refractivity (Wildman–Crippen MR) is 59.7 cm³/mol. The minimum Gasteiger partial charge on any atom is -0.756 e. The van der Waals surface area contributed by atoms with Gasteiger partial charge in [-0.05, 0) is 6.07 Å². The summed E-state index contributed by atoms with van der Waals surface area (Å²) in [7, 11) is -5.19. The van der Waals surface area contributed by atoms with E-state index in [-0.39, 0.29) is 5.82 Å². The molecule has 1 aromatic rings. The first-order chi connectivity index (χ1) is 9.19. The summed E-state index contributed by atoms with van der Waals surface area (Å²) in [6, 6.07) is 1.24. The van der Waals surface area contributed by atoms with Gasteiger partial charge in [0.25, 0.3) is 7.82 Å². The molecule has 2 heterocycles. The SMILES string of the molecule is Nc1ccn(C2OC(OP(=O)([O-])O)C(O)C2O)c(=O)n1. The highest BCUT2D eigenvalue weighted by Crippen LogP contribution is 2.39. The van der Waals surface area contributed by atoms with Gasteiger partial charge >= 0.3 is 5.69 Å². The fraction of sp³-hybridized carbons (Fsp3) is 0.500. The van der Waals surface area contributed by atoms with E-state index in [0.717, 1.165) is 10.8 Å². The van der Waals surface area contributed by atoms with E-state index in [2.05, 4.69) is 9.51 Å². The maximum atomic E-state index is 11.6. The van der Waals surface area contributed by atoms with Crippen molar-refractivity contribution in [1.82, 2.24) is 9.55 Å². The number of aromatic nitrogens is 2. The summed E-state index contributed by atoms with van der Waals surface area (Å²) in [5.74, 6) is -0.0634. The van der Waals surface area contributed by atoms with Crippen molar-refractivity contribution < 1.29 is 33.8 Å². The van der Waals surface area contributed by atoms with Crippen LogP contribution in [0.4, 0.5) is 5.82 Å².